The number of carbonyl (C=O) groups excluding carboxylic acids is 1. The fraction of sp³-hybridized carbons (Fsp3) is 0.0500. The molecule has 0 fully saturated rings. The van der Waals surface area contributed by atoms with Gasteiger partial charge < -0.3 is 5.32 Å². The number of amides is 1. The third-order valence-corrected chi connectivity index (χ3v) is 5.08. The van der Waals surface area contributed by atoms with E-state index in [0.29, 0.717) is 10.6 Å². The first kappa shape index (κ1) is 15.5. The third-order valence-electron chi connectivity index (χ3n) is 3.87. The van der Waals surface area contributed by atoms with Crippen molar-refractivity contribution in [3.8, 4) is 10.6 Å². The molecular weight excluding hydrogens is 330 g/mol. The minimum atomic E-state index is -0.158. The Balaban J connectivity index is 1.61. The number of benzene rings is 2. The summed E-state index contributed by atoms with van der Waals surface area (Å²) < 4.78 is 0. The molecule has 2 heterocycles. The molecule has 5 heteroatoms. The third kappa shape index (κ3) is 3.14. The first-order chi connectivity index (χ1) is 12.2. The van der Waals surface area contributed by atoms with Gasteiger partial charge in [-0.2, -0.15) is 0 Å². The van der Waals surface area contributed by atoms with Crippen LogP contribution >= 0.6 is 11.3 Å². The standard InChI is InChI=1S/C20H15N3OS/c1-13-18(25-20(22-13)14-7-3-2-4-8-14)19(24)23-16-11-15-9-5-6-10-17(15)21-12-16/h2-12H,1H3,(H,23,24). The summed E-state index contributed by atoms with van der Waals surface area (Å²) in [6.07, 6.45) is 1.68. The average molecular weight is 345 g/mol. The molecule has 0 aliphatic carbocycles. The SMILES string of the molecule is Cc1nc(-c2ccccc2)sc1C(=O)Nc1cnc2ccccc2c1. The van der Waals surface area contributed by atoms with Gasteiger partial charge in [0.05, 0.1) is 23.1 Å². The second-order valence-electron chi connectivity index (χ2n) is 5.67. The van der Waals surface area contributed by atoms with Gasteiger partial charge in [-0.15, -0.1) is 11.3 Å². The van der Waals surface area contributed by atoms with Crippen molar-refractivity contribution in [3.05, 3.63) is 77.4 Å². The average Bonchev–Trinajstić information content (AvgIpc) is 3.04. The van der Waals surface area contributed by atoms with Gasteiger partial charge in [-0.05, 0) is 19.1 Å². The van der Waals surface area contributed by atoms with Crippen molar-refractivity contribution < 1.29 is 4.79 Å². The lowest BCUT2D eigenvalue weighted by Gasteiger charge is -2.05. The van der Waals surface area contributed by atoms with Crippen LogP contribution in [0.15, 0.2) is 66.9 Å². The Kier molecular flexibility index (Phi) is 3.99. The minimum Gasteiger partial charge on any atom is -0.320 e. The maximum absolute atomic E-state index is 12.6. The van der Waals surface area contributed by atoms with E-state index >= 15 is 0 Å². The van der Waals surface area contributed by atoms with Crippen LogP contribution in [0.1, 0.15) is 15.4 Å². The maximum Gasteiger partial charge on any atom is 0.267 e. The van der Waals surface area contributed by atoms with Gasteiger partial charge in [0, 0.05) is 10.9 Å². The summed E-state index contributed by atoms with van der Waals surface area (Å²) in [5.41, 5.74) is 3.33. The Morgan fingerprint density at radius 3 is 2.64 bits per heavy atom. The molecule has 25 heavy (non-hydrogen) atoms. The Morgan fingerprint density at radius 1 is 1.04 bits per heavy atom. The highest BCUT2D eigenvalue weighted by Crippen LogP contribution is 2.28. The lowest BCUT2D eigenvalue weighted by molar-refractivity contribution is 0.103. The van der Waals surface area contributed by atoms with Gasteiger partial charge in [0.25, 0.3) is 5.91 Å². The number of aryl methyl sites for hydroxylation is 1. The number of thiazole rings is 1. The van der Waals surface area contributed by atoms with Gasteiger partial charge in [-0.1, -0.05) is 48.5 Å². The minimum absolute atomic E-state index is 0.158. The highest BCUT2D eigenvalue weighted by atomic mass is 32.1. The molecule has 2 aromatic heterocycles. The molecule has 0 saturated carbocycles. The molecule has 4 aromatic rings. The number of fused-ring (bicyclic) bond motifs is 1. The van der Waals surface area contributed by atoms with E-state index in [1.807, 2.05) is 67.6 Å². The highest BCUT2D eigenvalue weighted by molar-refractivity contribution is 7.17. The van der Waals surface area contributed by atoms with E-state index < -0.39 is 0 Å². The van der Waals surface area contributed by atoms with Crippen LogP contribution in [0.25, 0.3) is 21.5 Å². The van der Waals surface area contributed by atoms with Crippen molar-refractivity contribution in [2.45, 2.75) is 6.92 Å². The van der Waals surface area contributed by atoms with E-state index in [-0.39, 0.29) is 5.91 Å². The van der Waals surface area contributed by atoms with Gasteiger partial charge in [0.15, 0.2) is 0 Å². The quantitative estimate of drug-likeness (QED) is 0.573. The number of aromatic nitrogens is 2. The van der Waals surface area contributed by atoms with Crippen LogP contribution in [-0.2, 0) is 0 Å². The Morgan fingerprint density at radius 2 is 1.80 bits per heavy atom. The number of carbonyl (C=O) groups is 1. The summed E-state index contributed by atoms with van der Waals surface area (Å²) in [6.45, 7) is 1.86. The van der Waals surface area contributed by atoms with E-state index in [2.05, 4.69) is 15.3 Å². The molecule has 4 rings (SSSR count). The van der Waals surface area contributed by atoms with Crippen molar-refractivity contribution in [3.63, 3.8) is 0 Å². The van der Waals surface area contributed by atoms with Crippen LogP contribution in [0.2, 0.25) is 0 Å². The van der Waals surface area contributed by atoms with Gasteiger partial charge in [-0.3, -0.25) is 9.78 Å². The van der Waals surface area contributed by atoms with Gasteiger partial charge in [0.2, 0.25) is 0 Å². The predicted octanol–water partition coefficient (Wildman–Crippen LogP) is 4.92. The van der Waals surface area contributed by atoms with Crippen molar-refractivity contribution in [2.24, 2.45) is 0 Å². The van der Waals surface area contributed by atoms with Gasteiger partial charge in [0.1, 0.15) is 9.88 Å². The summed E-state index contributed by atoms with van der Waals surface area (Å²) in [5, 5.41) is 4.76. The maximum atomic E-state index is 12.6. The monoisotopic (exact) mass is 345 g/mol. The second kappa shape index (κ2) is 6.45. The molecule has 0 aliphatic heterocycles. The molecule has 4 nitrogen and oxygen atoms in total. The zero-order chi connectivity index (χ0) is 17.2. The smallest absolute Gasteiger partial charge is 0.267 e. The summed E-state index contributed by atoms with van der Waals surface area (Å²) in [5.74, 6) is -0.158. The van der Waals surface area contributed by atoms with Crippen molar-refractivity contribution in [1.29, 1.82) is 0 Å². The topological polar surface area (TPSA) is 54.9 Å². The molecule has 0 atom stereocenters. The first-order valence-corrected chi connectivity index (χ1v) is 8.71. The molecule has 1 amide bonds. The molecule has 0 unspecified atom stereocenters. The normalized spacial score (nSPS) is 10.8. The number of nitrogens with zero attached hydrogens (tertiary/aromatic N) is 2. The molecule has 0 saturated heterocycles. The van der Waals surface area contributed by atoms with Gasteiger partial charge >= 0.3 is 0 Å². The zero-order valence-corrected chi connectivity index (χ0v) is 14.4. The molecule has 0 aliphatic rings. The molecule has 0 spiro atoms. The number of nitrogens with one attached hydrogen (secondary N) is 1. The number of hydrogen-bond acceptors (Lipinski definition) is 4. The van der Waals surface area contributed by atoms with Crippen LogP contribution < -0.4 is 5.32 Å². The summed E-state index contributed by atoms with van der Waals surface area (Å²) in [4.78, 5) is 22.2. The number of hydrogen-bond donors (Lipinski definition) is 1. The lowest BCUT2D eigenvalue weighted by Crippen LogP contribution is -2.11. The Labute approximate surface area is 149 Å². The fourth-order valence-electron chi connectivity index (χ4n) is 2.64. The van der Waals surface area contributed by atoms with E-state index in [1.54, 1.807) is 6.20 Å². The van der Waals surface area contributed by atoms with Crippen LogP contribution in [0.5, 0.6) is 0 Å². The van der Waals surface area contributed by atoms with Crippen LogP contribution in [0.3, 0.4) is 0 Å². The molecule has 1 N–H and O–H groups in total. The summed E-state index contributed by atoms with van der Waals surface area (Å²) in [7, 11) is 0. The number of rotatable bonds is 3. The van der Waals surface area contributed by atoms with Crippen LogP contribution in [0.4, 0.5) is 5.69 Å². The number of pyridine rings is 1. The summed E-state index contributed by atoms with van der Waals surface area (Å²) >= 11 is 1.40. The number of anilines is 1. The molecular formula is C20H15N3OS. The summed E-state index contributed by atoms with van der Waals surface area (Å²) in [6, 6.07) is 19.6. The van der Waals surface area contributed by atoms with E-state index in [9.17, 15) is 4.79 Å². The Hall–Kier alpha value is -3.05. The lowest BCUT2D eigenvalue weighted by atomic mass is 10.2. The number of para-hydroxylation sites is 1. The van der Waals surface area contributed by atoms with Crippen molar-refractivity contribution in [2.75, 3.05) is 5.32 Å². The second-order valence-corrected chi connectivity index (χ2v) is 6.67. The highest BCUT2D eigenvalue weighted by Gasteiger charge is 2.16. The van der Waals surface area contributed by atoms with E-state index in [0.717, 1.165) is 27.2 Å². The van der Waals surface area contributed by atoms with Gasteiger partial charge in [-0.25, -0.2) is 4.98 Å². The van der Waals surface area contributed by atoms with Crippen LogP contribution in [0, 0.1) is 6.92 Å². The van der Waals surface area contributed by atoms with E-state index in [4.69, 9.17) is 0 Å². The molecule has 0 bridgehead atoms. The molecule has 122 valence electrons. The largest absolute Gasteiger partial charge is 0.320 e. The van der Waals surface area contributed by atoms with Crippen molar-refractivity contribution >= 4 is 33.8 Å². The fourth-order valence-corrected chi connectivity index (χ4v) is 3.61. The van der Waals surface area contributed by atoms with E-state index in [1.165, 1.54) is 11.3 Å². The molecule has 0 radical (unpaired) electrons. The molecule has 2 aromatic carbocycles. The first-order valence-electron chi connectivity index (χ1n) is 7.90. The predicted molar refractivity (Wildman–Crippen MR) is 102 cm³/mol. The zero-order valence-electron chi connectivity index (χ0n) is 13.6. The Bertz CT molecular complexity index is 1060. The van der Waals surface area contributed by atoms with Crippen LogP contribution in [-0.4, -0.2) is 15.9 Å². The van der Waals surface area contributed by atoms with Crippen molar-refractivity contribution in [1.82, 2.24) is 9.97 Å².